The summed E-state index contributed by atoms with van der Waals surface area (Å²) in [6, 6.07) is 1.76. The highest BCUT2D eigenvalue weighted by Crippen LogP contribution is 1.96. The molecule has 1 aromatic rings. The molecule has 0 saturated carbocycles. The Balaban J connectivity index is 2.50. The quantitative estimate of drug-likeness (QED) is 0.763. The summed E-state index contributed by atoms with van der Waals surface area (Å²) < 4.78 is 0. The molecule has 0 aromatic carbocycles. The smallest absolute Gasteiger partial charge is 0.238 e. The van der Waals surface area contributed by atoms with E-state index >= 15 is 0 Å². The Morgan fingerprint density at radius 2 is 2.43 bits per heavy atom. The number of nitrogens with one attached hydrogen (secondary N) is 1. The van der Waals surface area contributed by atoms with Crippen molar-refractivity contribution in [2.24, 2.45) is 0 Å². The van der Waals surface area contributed by atoms with Crippen LogP contribution in [0.5, 0.6) is 0 Å². The number of alkyl halides is 1. The third-order valence-corrected chi connectivity index (χ3v) is 1.84. The Kier molecular flexibility index (Phi) is 3.83. The van der Waals surface area contributed by atoms with Gasteiger partial charge in [-0.3, -0.25) is 4.79 Å². The van der Waals surface area contributed by atoms with Gasteiger partial charge in [0, 0.05) is 6.20 Å². The van der Waals surface area contributed by atoms with Crippen LogP contribution in [-0.2, 0) is 11.3 Å². The van der Waals surface area contributed by atoms with Crippen LogP contribution in [0, 0.1) is 6.92 Å². The Morgan fingerprint density at radius 1 is 1.71 bits per heavy atom. The topological polar surface area (TPSA) is 54.9 Å². The molecule has 1 N–H and O–H groups in total. The molecule has 1 aromatic heterocycles. The molecule has 0 aliphatic rings. The molecule has 14 heavy (non-hydrogen) atoms. The number of rotatable bonds is 3. The van der Waals surface area contributed by atoms with Crippen LogP contribution < -0.4 is 5.32 Å². The number of aryl methyl sites for hydroxylation is 1. The molecule has 0 spiro atoms. The Bertz CT molecular complexity index is 328. The standard InChI is InChI=1S/C9H12ClN3O/c1-6(10)9(14)12-5-8-3-4-11-7(2)13-8/h3-4,6H,5H2,1-2H3,(H,12,14). The monoisotopic (exact) mass is 213 g/mol. The first kappa shape index (κ1) is 10.9. The van der Waals surface area contributed by atoms with Gasteiger partial charge in [0.2, 0.25) is 5.91 Å². The van der Waals surface area contributed by atoms with Crippen molar-refractivity contribution in [1.29, 1.82) is 0 Å². The predicted molar refractivity (Wildman–Crippen MR) is 53.9 cm³/mol. The minimum atomic E-state index is -0.516. The van der Waals surface area contributed by atoms with Gasteiger partial charge in [-0.25, -0.2) is 9.97 Å². The van der Waals surface area contributed by atoms with E-state index < -0.39 is 5.38 Å². The Morgan fingerprint density at radius 3 is 3.00 bits per heavy atom. The van der Waals surface area contributed by atoms with E-state index in [4.69, 9.17) is 11.6 Å². The minimum Gasteiger partial charge on any atom is -0.349 e. The minimum absolute atomic E-state index is 0.192. The number of carbonyl (C=O) groups is 1. The van der Waals surface area contributed by atoms with Gasteiger partial charge < -0.3 is 5.32 Å². The van der Waals surface area contributed by atoms with E-state index in [0.29, 0.717) is 12.4 Å². The van der Waals surface area contributed by atoms with Crippen LogP contribution in [0.25, 0.3) is 0 Å². The second-order valence-corrected chi connectivity index (χ2v) is 3.58. The summed E-state index contributed by atoms with van der Waals surface area (Å²) in [6.07, 6.45) is 1.66. The molecular weight excluding hydrogens is 202 g/mol. The maximum absolute atomic E-state index is 11.1. The van der Waals surface area contributed by atoms with Crippen LogP contribution in [0.2, 0.25) is 0 Å². The molecule has 1 heterocycles. The van der Waals surface area contributed by atoms with Crippen molar-refractivity contribution < 1.29 is 4.79 Å². The fourth-order valence-electron chi connectivity index (χ4n) is 0.922. The molecule has 5 heteroatoms. The van der Waals surface area contributed by atoms with Crippen molar-refractivity contribution in [1.82, 2.24) is 15.3 Å². The molecule has 4 nitrogen and oxygen atoms in total. The van der Waals surface area contributed by atoms with Crippen molar-refractivity contribution in [2.45, 2.75) is 25.8 Å². The van der Waals surface area contributed by atoms with Crippen molar-refractivity contribution >= 4 is 17.5 Å². The van der Waals surface area contributed by atoms with Gasteiger partial charge in [0.25, 0.3) is 0 Å². The Hall–Kier alpha value is -1.16. The van der Waals surface area contributed by atoms with Gasteiger partial charge in [-0.05, 0) is 19.9 Å². The van der Waals surface area contributed by atoms with Crippen LogP contribution >= 0.6 is 11.6 Å². The molecule has 0 bridgehead atoms. The van der Waals surface area contributed by atoms with E-state index in [1.165, 1.54) is 0 Å². The third-order valence-electron chi connectivity index (χ3n) is 1.64. The maximum Gasteiger partial charge on any atom is 0.238 e. The molecule has 0 radical (unpaired) electrons. The summed E-state index contributed by atoms with van der Waals surface area (Å²) in [7, 11) is 0. The van der Waals surface area contributed by atoms with Gasteiger partial charge in [-0.15, -0.1) is 11.6 Å². The zero-order chi connectivity index (χ0) is 10.6. The first-order chi connectivity index (χ1) is 6.59. The number of hydrogen-bond acceptors (Lipinski definition) is 3. The average molecular weight is 214 g/mol. The first-order valence-corrected chi connectivity index (χ1v) is 4.73. The largest absolute Gasteiger partial charge is 0.349 e. The van der Waals surface area contributed by atoms with E-state index in [9.17, 15) is 4.79 Å². The Labute approximate surface area is 87.7 Å². The van der Waals surface area contributed by atoms with Crippen molar-refractivity contribution in [3.8, 4) is 0 Å². The highest BCUT2D eigenvalue weighted by molar-refractivity contribution is 6.30. The zero-order valence-electron chi connectivity index (χ0n) is 8.12. The zero-order valence-corrected chi connectivity index (χ0v) is 8.88. The average Bonchev–Trinajstić information content (AvgIpc) is 2.14. The lowest BCUT2D eigenvalue weighted by atomic mass is 10.3. The highest BCUT2D eigenvalue weighted by atomic mass is 35.5. The number of carbonyl (C=O) groups excluding carboxylic acids is 1. The van der Waals surface area contributed by atoms with E-state index in [-0.39, 0.29) is 5.91 Å². The van der Waals surface area contributed by atoms with E-state index in [1.54, 1.807) is 26.1 Å². The third kappa shape index (κ3) is 3.30. The van der Waals surface area contributed by atoms with Gasteiger partial charge in [0.15, 0.2) is 0 Å². The van der Waals surface area contributed by atoms with Crippen LogP contribution in [0.4, 0.5) is 0 Å². The van der Waals surface area contributed by atoms with Crippen LogP contribution in [0.15, 0.2) is 12.3 Å². The molecule has 0 saturated heterocycles. The van der Waals surface area contributed by atoms with Crippen LogP contribution in [0.1, 0.15) is 18.4 Å². The summed E-state index contributed by atoms with van der Waals surface area (Å²) in [5.74, 6) is 0.499. The van der Waals surface area contributed by atoms with E-state index in [0.717, 1.165) is 5.69 Å². The molecule has 1 unspecified atom stereocenters. The lowest BCUT2D eigenvalue weighted by Gasteiger charge is -2.05. The lowest BCUT2D eigenvalue weighted by molar-refractivity contribution is -0.120. The fourth-order valence-corrected chi connectivity index (χ4v) is 0.999. The normalized spacial score (nSPS) is 12.2. The number of hydrogen-bond donors (Lipinski definition) is 1. The molecular formula is C9H12ClN3O. The van der Waals surface area contributed by atoms with Gasteiger partial charge in [-0.2, -0.15) is 0 Å². The summed E-state index contributed by atoms with van der Waals surface area (Å²) in [4.78, 5) is 19.2. The second kappa shape index (κ2) is 4.91. The van der Waals surface area contributed by atoms with E-state index in [1.807, 2.05) is 0 Å². The van der Waals surface area contributed by atoms with Gasteiger partial charge in [-0.1, -0.05) is 0 Å². The predicted octanol–water partition coefficient (Wildman–Crippen LogP) is 1.03. The number of aromatic nitrogens is 2. The summed E-state index contributed by atoms with van der Waals surface area (Å²) >= 11 is 5.58. The fraction of sp³-hybridized carbons (Fsp3) is 0.444. The molecule has 0 fully saturated rings. The second-order valence-electron chi connectivity index (χ2n) is 2.93. The van der Waals surface area contributed by atoms with Gasteiger partial charge in [0.05, 0.1) is 12.2 Å². The maximum atomic E-state index is 11.1. The summed E-state index contributed by atoms with van der Waals surface area (Å²) in [5.41, 5.74) is 0.781. The van der Waals surface area contributed by atoms with E-state index in [2.05, 4.69) is 15.3 Å². The van der Waals surface area contributed by atoms with Crippen molar-refractivity contribution in [3.63, 3.8) is 0 Å². The SMILES string of the molecule is Cc1nccc(CNC(=O)C(C)Cl)n1. The number of nitrogens with zero attached hydrogens (tertiary/aromatic N) is 2. The van der Waals surface area contributed by atoms with Gasteiger partial charge in [0.1, 0.15) is 11.2 Å². The molecule has 76 valence electrons. The molecule has 1 amide bonds. The highest BCUT2D eigenvalue weighted by Gasteiger charge is 2.08. The van der Waals surface area contributed by atoms with Crippen LogP contribution in [0.3, 0.4) is 0 Å². The molecule has 0 aliphatic heterocycles. The summed E-state index contributed by atoms with van der Waals surface area (Å²) in [6.45, 7) is 3.82. The summed E-state index contributed by atoms with van der Waals surface area (Å²) in [5, 5.41) is 2.15. The molecule has 1 rings (SSSR count). The van der Waals surface area contributed by atoms with Crippen LogP contribution in [-0.4, -0.2) is 21.3 Å². The first-order valence-electron chi connectivity index (χ1n) is 4.30. The number of amides is 1. The van der Waals surface area contributed by atoms with Crippen molar-refractivity contribution in [3.05, 3.63) is 23.8 Å². The van der Waals surface area contributed by atoms with Gasteiger partial charge >= 0.3 is 0 Å². The number of halogens is 1. The van der Waals surface area contributed by atoms with Crippen molar-refractivity contribution in [2.75, 3.05) is 0 Å². The lowest BCUT2D eigenvalue weighted by Crippen LogP contribution is -2.29. The molecule has 1 atom stereocenters. The molecule has 0 aliphatic carbocycles.